The monoisotopic (exact) mass is 348 g/mol. The van der Waals surface area contributed by atoms with E-state index in [1.54, 1.807) is 0 Å². The number of sulfonamides is 1. The predicted octanol–water partition coefficient (Wildman–Crippen LogP) is -1.54. The van der Waals surface area contributed by atoms with Crippen LogP contribution in [0.25, 0.3) is 0 Å². The van der Waals surface area contributed by atoms with E-state index in [4.69, 9.17) is 0 Å². The summed E-state index contributed by atoms with van der Waals surface area (Å²) in [6.07, 6.45) is 2.41. The molecule has 2 aliphatic heterocycles. The van der Waals surface area contributed by atoms with Crippen molar-refractivity contribution in [2.75, 3.05) is 26.2 Å². The molecule has 24 heavy (non-hydrogen) atoms. The molecular formula is C15H16N4O4S. The second-order valence-corrected chi connectivity index (χ2v) is 8.09. The summed E-state index contributed by atoms with van der Waals surface area (Å²) >= 11 is 0. The number of amides is 2. The molecule has 9 heteroatoms. The van der Waals surface area contributed by atoms with Gasteiger partial charge in [0.25, 0.3) is 0 Å². The van der Waals surface area contributed by atoms with Crippen molar-refractivity contribution >= 4 is 21.8 Å². The highest BCUT2D eigenvalue weighted by atomic mass is 32.2. The molecule has 1 aromatic rings. The first-order valence-corrected chi connectivity index (χ1v) is 9.29. The molecule has 8 nitrogen and oxygen atoms in total. The van der Waals surface area contributed by atoms with Gasteiger partial charge in [0.05, 0.1) is 15.6 Å². The minimum atomic E-state index is -3.65. The number of carbonyl (C=O) groups is 2. The molecule has 0 spiro atoms. The molecule has 0 atom stereocenters. The quantitative estimate of drug-likeness (QED) is 0.617. The third kappa shape index (κ3) is 2.68. The molecular weight excluding hydrogens is 332 g/mol. The van der Waals surface area contributed by atoms with Crippen molar-refractivity contribution in [3.63, 3.8) is 0 Å². The van der Waals surface area contributed by atoms with Crippen LogP contribution in [-0.2, 0) is 19.6 Å². The molecule has 0 radical (unpaired) electrons. The minimum Gasteiger partial charge on any atom is -0.298 e. The molecule has 1 saturated heterocycles. The summed E-state index contributed by atoms with van der Waals surface area (Å²) in [5.74, 6) is -1.91. The lowest BCUT2D eigenvalue weighted by molar-refractivity contribution is -0.135. The molecule has 0 aromatic heterocycles. The van der Waals surface area contributed by atoms with E-state index in [9.17, 15) is 18.0 Å². The van der Waals surface area contributed by atoms with Crippen LogP contribution in [-0.4, -0.2) is 61.7 Å². The molecule has 1 saturated carbocycles. The second kappa shape index (κ2) is 5.54. The van der Waals surface area contributed by atoms with Crippen molar-refractivity contribution in [2.24, 2.45) is 9.98 Å². The van der Waals surface area contributed by atoms with E-state index in [0.717, 1.165) is 13.1 Å². The van der Waals surface area contributed by atoms with Gasteiger partial charge in [-0.3, -0.25) is 14.5 Å². The number of nitrogens with zero attached hydrogens (tertiary/aromatic N) is 4. The Balaban J connectivity index is 1.62. The van der Waals surface area contributed by atoms with E-state index in [-0.39, 0.29) is 15.6 Å². The fraction of sp³-hybridized carbons (Fsp3) is 0.467. The Bertz CT molecular complexity index is 944. The van der Waals surface area contributed by atoms with Crippen molar-refractivity contribution in [3.05, 3.63) is 28.9 Å². The zero-order valence-electron chi connectivity index (χ0n) is 12.9. The van der Waals surface area contributed by atoms with Crippen LogP contribution >= 0.6 is 0 Å². The van der Waals surface area contributed by atoms with Crippen molar-refractivity contribution in [2.45, 2.75) is 23.8 Å². The van der Waals surface area contributed by atoms with E-state index < -0.39 is 21.8 Å². The standard InChI is InChI=1S/C15H16N4O4S/c20-14-15(21)17-13-9-11(3-4-12(13)16-14)24(22,23)19-7-5-18(6-8-19)10-1-2-10/h3-4,9-10H,1-2,5-8H2. The van der Waals surface area contributed by atoms with Gasteiger partial charge in [-0.25, -0.2) is 18.4 Å². The van der Waals surface area contributed by atoms with Gasteiger partial charge in [-0.1, -0.05) is 0 Å². The van der Waals surface area contributed by atoms with Gasteiger partial charge in [-0.15, -0.1) is 0 Å². The molecule has 2 amide bonds. The minimum absolute atomic E-state index is 0.0715. The first kappa shape index (κ1) is 15.6. The number of fused-ring (bicyclic) bond motifs is 1. The summed E-state index contributed by atoms with van der Waals surface area (Å²) in [4.78, 5) is 32.2. The lowest BCUT2D eigenvalue weighted by Crippen LogP contribution is -2.49. The number of rotatable bonds is 3. The number of carbonyl (C=O) groups excluding carboxylic acids is 2. The summed E-state index contributed by atoms with van der Waals surface area (Å²) < 4.78 is 27.0. The van der Waals surface area contributed by atoms with Gasteiger partial charge in [0, 0.05) is 32.2 Å². The second-order valence-electron chi connectivity index (χ2n) is 6.16. The largest absolute Gasteiger partial charge is 0.338 e. The molecule has 1 aromatic carbocycles. The maximum absolute atomic E-state index is 12.8. The Hall–Kier alpha value is -1.97. The topological polar surface area (TPSA) is 99.5 Å². The Morgan fingerprint density at radius 1 is 0.917 bits per heavy atom. The van der Waals surface area contributed by atoms with Gasteiger partial charge < -0.3 is 0 Å². The zero-order valence-corrected chi connectivity index (χ0v) is 13.7. The highest BCUT2D eigenvalue weighted by Gasteiger charge is 2.35. The fourth-order valence-electron chi connectivity index (χ4n) is 3.06. The van der Waals surface area contributed by atoms with E-state index in [0.29, 0.717) is 19.1 Å². The van der Waals surface area contributed by atoms with E-state index >= 15 is 0 Å². The smallest absolute Gasteiger partial charge is 0.298 e. The average molecular weight is 348 g/mol. The number of benzene rings is 1. The van der Waals surface area contributed by atoms with Gasteiger partial charge in [-0.2, -0.15) is 4.31 Å². The van der Waals surface area contributed by atoms with Gasteiger partial charge in [-0.05, 0) is 31.0 Å². The third-order valence-electron chi connectivity index (χ3n) is 4.55. The van der Waals surface area contributed by atoms with Crippen LogP contribution in [0.2, 0.25) is 0 Å². The van der Waals surface area contributed by atoms with E-state index in [1.807, 2.05) is 0 Å². The third-order valence-corrected chi connectivity index (χ3v) is 6.44. The average Bonchev–Trinajstić information content (AvgIpc) is 3.40. The Kier molecular flexibility index (Phi) is 3.59. The van der Waals surface area contributed by atoms with Gasteiger partial charge in [0.15, 0.2) is 0 Å². The fourth-order valence-corrected chi connectivity index (χ4v) is 4.50. The van der Waals surface area contributed by atoms with Crippen LogP contribution in [0, 0.1) is 0 Å². The highest BCUT2D eigenvalue weighted by molar-refractivity contribution is 7.89. The summed E-state index contributed by atoms with van der Waals surface area (Å²) in [5, 5.41) is 0.342. The molecule has 1 aliphatic carbocycles. The molecule has 4 rings (SSSR count). The maximum atomic E-state index is 12.8. The van der Waals surface area contributed by atoms with Gasteiger partial charge in [0.1, 0.15) is 0 Å². The first-order chi connectivity index (χ1) is 11.4. The number of hydrogen-bond acceptors (Lipinski definition) is 5. The summed E-state index contributed by atoms with van der Waals surface area (Å²) in [6.45, 7) is 2.38. The molecule has 126 valence electrons. The Morgan fingerprint density at radius 2 is 1.54 bits per heavy atom. The Morgan fingerprint density at radius 3 is 2.17 bits per heavy atom. The van der Waals surface area contributed by atoms with Crippen LogP contribution in [0.15, 0.2) is 33.1 Å². The van der Waals surface area contributed by atoms with Crippen LogP contribution < -0.4 is 10.7 Å². The molecule has 0 N–H and O–H groups in total. The first-order valence-electron chi connectivity index (χ1n) is 7.85. The lowest BCUT2D eigenvalue weighted by atomic mass is 10.3. The molecule has 0 bridgehead atoms. The van der Waals surface area contributed by atoms with E-state index in [2.05, 4.69) is 14.9 Å². The van der Waals surface area contributed by atoms with Crippen LogP contribution in [0.4, 0.5) is 0 Å². The molecule has 2 fully saturated rings. The summed E-state index contributed by atoms with van der Waals surface area (Å²) in [5.41, 5.74) is 0. The molecule has 2 heterocycles. The number of piperazine rings is 1. The highest BCUT2D eigenvalue weighted by Crippen LogP contribution is 2.28. The van der Waals surface area contributed by atoms with Crippen molar-refractivity contribution in [1.82, 2.24) is 9.21 Å². The van der Waals surface area contributed by atoms with Gasteiger partial charge >= 0.3 is 11.8 Å². The lowest BCUT2D eigenvalue weighted by Gasteiger charge is -2.34. The van der Waals surface area contributed by atoms with Crippen LogP contribution in [0.1, 0.15) is 12.8 Å². The normalized spacial score (nSPS) is 22.7. The van der Waals surface area contributed by atoms with Crippen LogP contribution in [0.3, 0.4) is 0 Å². The van der Waals surface area contributed by atoms with E-state index in [1.165, 1.54) is 35.3 Å². The number of hydrogen-bond donors (Lipinski definition) is 0. The summed E-state index contributed by atoms with van der Waals surface area (Å²) in [7, 11) is -3.65. The van der Waals surface area contributed by atoms with Crippen LogP contribution in [0.5, 0.6) is 0 Å². The van der Waals surface area contributed by atoms with Gasteiger partial charge in [0.2, 0.25) is 10.0 Å². The van der Waals surface area contributed by atoms with Crippen molar-refractivity contribution in [3.8, 4) is 0 Å². The molecule has 0 unspecified atom stereocenters. The van der Waals surface area contributed by atoms with Crippen molar-refractivity contribution < 1.29 is 18.0 Å². The maximum Gasteiger partial charge on any atom is 0.338 e. The molecule has 3 aliphatic rings. The van der Waals surface area contributed by atoms with Crippen molar-refractivity contribution in [1.29, 1.82) is 0 Å². The SMILES string of the molecule is O=C1N=c2ccc(S(=O)(=O)N3CCN(C4CC4)CC3)cc2=NC1=O. The predicted molar refractivity (Wildman–Crippen MR) is 82.1 cm³/mol. The Labute approximate surface area is 138 Å². The summed E-state index contributed by atoms with van der Waals surface area (Å²) in [6, 6.07) is 4.76. The zero-order chi connectivity index (χ0) is 16.9.